The van der Waals surface area contributed by atoms with Crippen LogP contribution in [-0.4, -0.2) is 47.4 Å². The van der Waals surface area contributed by atoms with Crippen molar-refractivity contribution in [3.05, 3.63) is 17.0 Å². The fourth-order valence-electron chi connectivity index (χ4n) is 3.67. The summed E-state index contributed by atoms with van der Waals surface area (Å²) in [6, 6.07) is 0. The molecule has 0 amide bonds. The summed E-state index contributed by atoms with van der Waals surface area (Å²) < 4.78 is 5.89. The van der Waals surface area contributed by atoms with Gasteiger partial charge in [-0.25, -0.2) is 0 Å². The highest BCUT2D eigenvalue weighted by atomic mass is 16.5. The molecule has 0 aromatic carbocycles. The minimum atomic E-state index is 0.473. The summed E-state index contributed by atoms with van der Waals surface area (Å²) in [6.45, 7) is 4.41. The van der Waals surface area contributed by atoms with Gasteiger partial charge in [0, 0.05) is 44.3 Å². The zero-order valence-corrected chi connectivity index (χ0v) is 12.2. The predicted molar refractivity (Wildman–Crippen MR) is 78.0 cm³/mol. The van der Waals surface area contributed by atoms with E-state index < -0.39 is 0 Å². The van der Waals surface area contributed by atoms with E-state index in [1.807, 2.05) is 0 Å². The van der Waals surface area contributed by atoms with Crippen molar-refractivity contribution in [3.8, 4) is 0 Å². The molecule has 1 saturated carbocycles. The van der Waals surface area contributed by atoms with Crippen molar-refractivity contribution in [2.75, 3.05) is 26.2 Å². The lowest BCUT2D eigenvalue weighted by atomic mass is 10.1. The van der Waals surface area contributed by atoms with Crippen molar-refractivity contribution in [2.24, 2.45) is 0 Å². The van der Waals surface area contributed by atoms with Crippen LogP contribution in [0.1, 0.15) is 55.0 Å². The van der Waals surface area contributed by atoms with Gasteiger partial charge in [-0.05, 0) is 44.1 Å². The van der Waals surface area contributed by atoms with E-state index in [-0.39, 0.29) is 0 Å². The summed E-state index contributed by atoms with van der Waals surface area (Å²) in [5.41, 5.74) is 4.33. The van der Waals surface area contributed by atoms with E-state index in [1.165, 1.54) is 56.5 Å². The standard InChI is InChI=1S/C16H25N3O/c1-2-10-20-13(3-1)11-19-8-6-14-15(7-9-19)17-18-16(14)12-4-5-12/h12-13H,1-11H2,(H,17,18). The van der Waals surface area contributed by atoms with Crippen molar-refractivity contribution in [1.29, 1.82) is 0 Å². The fourth-order valence-corrected chi connectivity index (χ4v) is 3.67. The Bertz CT molecular complexity index is 460. The fraction of sp³-hybridized carbons (Fsp3) is 0.812. The van der Waals surface area contributed by atoms with Crippen LogP contribution in [0.3, 0.4) is 0 Å². The van der Waals surface area contributed by atoms with Crippen LogP contribution in [0.4, 0.5) is 0 Å². The Hall–Kier alpha value is -0.870. The highest BCUT2D eigenvalue weighted by Crippen LogP contribution is 2.41. The minimum absolute atomic E-state index is 0.473. The minimum Gasteiger partial charge on any atom is -0.377 e. The van der Waals surface area contributed by atoms with Crippen LogP contribution in [0.5, 0.6) is 0 Å². The lowest BCUT2D eigenvalue weighted by Gasteiger charge is -2.29. The number of hydrogen-bond donors (Lipinski definition) is 1. The Morgan fingerprint density at radius 2 is 2.05 bits per heavy atom. The van der Waals surface area contributed by atoms with Crippen molar-refractivity contribution in [3.63, 3.8) is 0 Å². The first-order chi connectivity index (χ1) is 9.90. The summed E-state index contributed by atoms with van der Waals surface area (Å²) in [5.74, 6) is 0.767. The lowest BCUT2D eigenvalue weighted by Crippen LogP contribution is -2.37. The maximum atomic E-state index is 5.89. The summed E-state index contributed by atoms with van der Waals surface area (Å²) in [7, 11) is 0. The third-order valence-electron chi connectivity index (χ3n) is 5.04. The Morgan fingerprint density at radius 3 is 2.85 bits per heavy atom. The molecule has 1 atom stereocenters. The van der Waals surface area contributed by atoms with Crippen LogP contribution >= 0.6 is 0 Å². The topological polar surface area (TPSA) is 41.2 Å². The van der Waals surface area contributed by atoms with Crippen molar-refractivity contribution < 1.29 is 4.74 Å². The normalized spacial score (nSPS) is 28.1. The molecule has 1 N–H and O–H groups in total. The number of H-pyrrole nitrogens is 1. The number of hydrogen-bond acceptors (Lipinski definition) is 3. The number of aromatic nitrogens is 2. The van der Waals surface area contributed by atoms with Gasteiger partial charge in [0.1, 0.15) is 0 Å². The Morgan fingerprint density at radius 1 is 1.15 bits per heavy atom. The summed E-state index contributed by atoms with van der Waals surface area (Å²) >= 11 is 0. The van der Waals surface area contributed by atoms with Gasteiger partial charge in [-0.3, -0.25) is 5.10 Å². The molecule has 1 aliphatic carbocycles. The zero-order valence-electron chi connectivity index (χ0n) is 12.2. The number of aromatic amines is 1. The molecule has 1 aromatic rings. The van der Waals surface area contributed by atoms with Gasteiger partial charge in [0.25, 0.3) is 0 Å². The number of nitrogens with one attached hydrogen (secondary N) is 1. The van der Waals surface area contributed by atoms with Gasteiger partial charge in [-0.2, -0.15) is 5.10 Å². The second-order valence-corrected chi connectivity index (χ2v) is 6.63. The maximum absolute atomic E-state index is 5.89. The molecule has 1 aromatic heterocycles. The highest BCUT2D eigenvalue weighted by Gasteiger charge is 2.31. The van der Waals surface area contributed by atoms with Gasteiger partial charge in [-0.1, -0.05) is 0 Å². The average molecular weight is 275 g/mol. The molecule has 3 aliphatic rings. The molecule has 20 heavy (non-hydrogen) atoms. The first-order valence-corrected chi connectivity index (χ1v) is 8.30. The predicted octanol–water partition coefficient (Wildman–Crippen LogP) is 2.26. The molecule has 2 aliphatic heterocycles. The molecule has 4 rings (SSSR count). The monoisotopic (exact) mass is 275 g/mol. The van der Waals surface area contributed by atoms with Gasteiger partial charge < -0.3 is 9.64 Å². The zero-order chi connectivity index (χ0) is 13.4. The largest absolute Gasteiger partial charge is 0.377 e. The van der Waals surface area contributed by atoms with Gasteiger partial charge >= 0.3 is 0 Å². The molecule has 0 bridgehead atoms. The van der Waals surface area contributed by atoms with Crippen LogP contribution in [-0.2, 0) is 17.6 Å². The van der Waals surface area contributed by atoms with Gasteiger partial charge in [0.05, 0.1) is 11.8 Å². The Labute approximate surface area is 120 Å². The molecule has 110 valence electrons. The second kappa shape index (κ2) is 5.49. The molecular formula is C16H25N3O. The number of nitrogens with zero attached hydrogens (tertiary/aromatic N) is 2. The quantitative estimate of drug-likeness (QED) is 0.920. The Kier molecular flexibility index (Phi) is 3.52. The third kappa shape index (κ3) is 2.63. The molecular weight excluding hydrogens is 250 g/mol. The van der Waals surface area contributed by atoms with Gasteiger partial charge in [-0.15, -0.1) is 0 Å². The number of fused-ring (bicyclic) bond motifs is 1. The number of rotatable bonds is 3. The summed E-state index contributed by atoms with van der Waals surface area (Å²) in [5, 5.41) is 7.88. The van der Waals surface area contributed by atoms with E-state index in [2.05, 4.69) is 15.1 Å². The second-order valence-electron chi connectivity index (χ2n) is 6.63. The van der Waals surface area contributed by atoms with E-state index in [0.29, 0.717) is 6.10 Å². The first kappa shape index (κ1) is 12.8. The summed E-state index contributed by atoms with van der Waals surface area (Å²) in [4.78, 5) is 2.60. The van der Waals surface area contributed by atoms with Crippen LogP contribution in [0, 0.1) is 0 Å². The van der Waals surface area contributed by atoms with E-state index in [0.717, 1.165) is 32.0 Å². The van der Waals surface area contributed by atoms with Gasteiger partial charge in [0.15, 0.2) is 0 Å². The van der Waals surface area contributed by atoms with Crippen molar-refractivity contribution >= 4 is 0 Å². The molecule has 0 radical (unpaired) electrons. The molecule has 1 unspecified atom stereocenters. The Balaban J connectivity index is 1.39. The van der Waals surface area contributed by atoms with Crippen molar-refractivity contribution in [2.45, 2.75) is 57.0 Å². The van der Waals surface area contributed by atoms with Crippen molar-refractivity contribution in [1.82, 2.24) is 15.1 Å². The number of ether oxygens (including phenoxy) is 1. The highest BCUT2D eigenvalue weighted by molar-refractivity contribution is 5.32. The molecule has 4 heteroatoms. The summed E-state index contributed by atoms with van der Waals surface area (Å²) in [6.07, 6.45) is 9.29. The smallest absolute Gasteiger partial charge is 0.0702 e. The van der Waals surface area contributed by atoms with E-state index in [1.54, 1.807) is 5.56 Å². The van der Waals surface area contributed by atoms with E-state index in [4.69, 9.17) is 4.74 Å². The van der Waals surface area contributed by atoms with Crippen LogP contribution in [0.25, 0.3) is 0 Å². The lowest BCUT2D eigenvalue weighted by molar-refractivity contribution is -0.00500. The molecule has 3 heterocycles. The van der Waals surface area contributed by atoms with E-state index >= 15 is 0 Å². The van der Waals surface area contributed by atoms with E-state index in [9.17, 15) is 0 Å². The van der Waals surface area contributed by atoms with Crippen LogP contribution < -0.4 is 0 Å². The molecule has 0 spiro atoms. The molecule has 1 saturated heterocycles. The van der Waals surface area contributed by atoms with Gasteiger partial charge in [0.2, 0.25) is 0 Å². The van der Waals surface area contributed by atoms with Crippen LogP contribution in [0.15, 0.2) is 0 Å². The SMILES string of the molecule is C1CCC(CN2CCc3[nH]nc(C4CC4)c3CC2)OC1. The van der Waals surface area contributed by atoms with Crippen LogP contribution in [0.2, 0.25) is 0 Å². The third-order valence-corrected chi connectivity index (χ3v) is 5.04. The molecule has 4 nitrogen and oxygen atoms in total. The first-order valence-electron chi connectivity index (χ1n) is 8.30. The maximum Gasteiger partial charge on any atom is 0.0702 e. The molecule has 2 fully saturated rings. The average Bonchev–Trinajstić information content (AvgIpc) is 3.27.